The van der Waals surface area contributed by atoms with Crippen LogP contribution in [0.1, 0.15) is 33.5 Å². The van der Waals surface area contributed by atoms with Crippen molar-refractivity contribution in [1.82, 2.24) is 20.2 Å². The van der Waals surface area contributed by atoms with Gasteiger partial charge in [-0.05, 0) is 20.8 Å². The Kier molecular flexibility index (Phi) is 3.06. The van der Waals surface area contributed by atoms with E-state index in [2.05, 4.69) is 15.3 Å². The van der Waals surface area contributed by atoms with Gasteiger partial charge in [-0.3, -0.25) is 4.79 Å². The molecular weight excluding hydrogens is 300 g/mol. The van der Waals surface area contributed by atoms with Crippen LogP contribution in [-0.2, 0) is 10.2 Å². The Balaban J connectivity index is 1.66. The number of fused-ring (bicyclic) bond motifs is 1. The van der Waals surface area contributed by atoms with E-state index in [1.807, 2.05) is 4.90 Å². The maximum Gasteiger partial charge on any atom is 0.259 e. The van der Waals surface area contributed by atoms with Gasteiger partial charge in [-0.1, -0.05) is 10.3 Å². The zero-order valence-corrected chi connectivity index (χ0v) is 13.3. The van der Waals surface area contributed by atoms with Crippen LogP contribution in [0.4, 0.5) is 0 Å². The summed E-state index contributed by atoms with van der Waals surface area (Å²) in [7, 11) is 0. The SMILES string of the molecule is Cc1noc([C@]23COC[C@H]2CN(C(=O)c2c(C)noc2C)C3)n1. The van der Waals surface area contributed by atoms with Gasteiger partial charge in [-0.25, -0.2) is 0 Å². The summed E-state index contributed by atoms with van der Waals surface area (Å²) in [5, 5.41) is 7.77. The molecule has 2 fully saturated rings. The zero-order chi connectivity index (χ0) is 16.2. The van der Waals surface area contributed by atoms with E-state index in [4.69, 9.17) is 13.8 Å². The summed E-state index contributed by atoms with van der Waals surface area (Å²) in [6.45, 7) is 7.51. The quantitative estimate of drug-likeness (QED) is 0.816. The average molecular weight is 318 g/mol. The molecule has 8 heteroatoms. The predicted octanol–water partition coefficient (Wildman–Crippen LogP) is 1.02. The summed E-state index contributed by atoms with van der Waals surface area (Å²) in [5.74, 6) is 1.80. The van der Waals surface area contributed by atoms with E-state index in [0.29, 0.717) is 55.0 Å². The van der Waals surface area contributed by atoms with Crippen molar-refractivity contribution in [2.45, 2.75) is 26.2 Å². The van der Waals surface area contributed by atoms with Gasteiger partial charge in [0.2, 0.25) is 5.89 Å². The van der Waals surface area contributed by atoms with E-state index >= 15 is 0 Å². The number of ether oxygens (including phenoxy) is 1. The highest BCUT2D eigenvalue weighted by Gasteiger charge is 2.56. The largest absolute Gasteiger partial charge is 0.380 e. The number of aromatic nitrogens is 3. The summed E-state index contributed by atoms with van der Waals surface area (Å²) >= 11 is 0. The standard InChI is InChI=1S/C15H18N4O4/c1-8-12(9(2)22-17-8)13(20)19-4-11-5-21-7-15(11,6-19)14-16-10(3)18-23-14/h11H,4-7H2,1-3H3/t11-,15-/m1/s1. The lowest BCUT2D eigenvalue weighted by molar-refractivity contribution is 0.0734. The minimum atomic E-state index is -0.407. The molecule has 2 aliphatic rings. The van der Waals surface area contributed by atoms with Gasteiger partial charge in [0, 0.05) is 19.0 Å². The number of carbonyl (C=O) groups is 1. The zero-order valence-electron chi connectivity index (χ0n) is 13.3. The summed E-state index contributed by atoms with van der Waals surface area (Å²) in [6.07, 6.45) is 0. The molecule has 2 aromatic rings. The lowest BCUT2D eigenvalue weighted by atomic mass is 9.81. The van der Waals surface area contributed by atoms with Gasteiger partial charge in [-0.15, -0.1) is 0 Å². The number of hydrogen-bond donors (Lipinski definition) is 0. The Morgan fingerprint density at radius 1 is 1.26 bits per heavy atom. The second kappa shape index (κ2) is 4.89. The van der Waals surface area contributed by atoms with Gasteiger partial charge < -0.3 is 18.7 Å². The third-order valence-corrected chi connectivity index (χ3v) is 4.86. The van der Waals surface area contributed by atoms with Crippen molar-refractivity contribution in [3.05, 3.63) is 28.7 Å². The highest BCUT2D eigenvalue weighted by atomic mass is 16.5. The fourth-order valence-electron chi connectivity index (χ4n) is 3.64. The van der Waals surface area contributed by atoms with Crippen molar-refractivity contribution in [3.8, 4) is 0 Å². The van der Waals surface area contributed by atoms with E-state index in [-0.39, 0.29) is 11.8 Å². The molecule has 23 heavy (non-hydrogen) atoms. The second-order valence-corrected chi connectivity index (χ2v) is 6.40. The first-order valence-electron chi connectivity index (χ1n) is 7.62. The van der Waals surface area contributed by atoms with Crippen molar-refractivity contribution in [2.24, 2.45) is 5.92 Å². The molecule has 0 unspecified atom stereocenters. The molecular formula is C15H18N4O4. The van der Waals surface area contributed by atoms with E-state index in [9.17, 15) is 4.79 Å². The number of amides is 1. The normalized spacial score (nSPS) is 26.7. The average Bonchev–Trinajstić information content (AvgIpc) is 3.22. The minimum absolute atomic E-state index is 0.0636. The summed E-state index contributed by atoms with van der Waals surface area (Å²) in [5.41, 5.74) is 0.752. The molecule has 2 atom stereocenters. The minimum Gasteiger partial charge on any atom is -0.380 e. The Morgan fingerprint density at radius 2 is 2.09 bits per heavy atom. The van der Waals surface area contributed by atoms with E-state index in [0.717, 1.165) is 0 Å². The maximum absolute atomic E-state index is 12.9. The first-order valence-corrected chi connectivity index (χ1v) is 7.62. The van der Waals surface area contributed by atoms with Crippen LogP contribution in [0.3, 0.4) is 0 Å². The molecule has 2 aromatic heterocycles. The fraction of sp³-hybridized carbons (Fsp3) is 0.600. The molecule has 0 spiro atoms. The maximum atomic E-state index is 12.9. The second-order valence-electron chi connectivity index (χ2n) is 6.40. The lowest BCUT2D eigenvalue weighted by Gasteiger charge is -2.22. The van der Waals surface area contributed by atoms with Crippen LogP contribution in [0.15, 0.2) is 9.05 Å². The molecule has 0 saturated carbocycles. The summed E-state index contributed by atoms with van der Waals surface area (Å²) in [6, 6.07) is 0. The van der Waals surface area contributed by atoms with Crippen molar-refractivity contribution in [1.29, 1.82) is 0 Å². The Bertz CT molecular complexity index is 748. The first-order chi connectivity index (χ1) is 11.0. The third kappa shape index (κ3) is 2.01. The van der Waals surface area contributed by atoms with Crippen LogP contribution >= 0.6 is 0 Å². The Morgan fingerprint density at radius 3 is 2.74 bits per heavy atom. The topological polar surface area (TPSA) is 94.5 Å². The van der Waals surface area contributed by atoms with Crippen LogP contribution < -0.4 is 0 Å². The smallest absolute Gasteiger partial charge is 0.259 e. The van der Waals surface area contributed by atoms with Gasteiger partial charge in [0.15, 0.2) is 5.82 Å². The molecule has 0 N–H and O–H groups in total. The molecule has 4 rings (SSSR count). The molecule has 0 aliphatic carbocycles. The van der Waals surface area contributed by atoms with Gasteiger partial charge in [0.05, 0.1) is 24.3 Å². The van der Waals surface area contributed by atoms with E-state index < -0.39 is 5.41 Å². The van der Waals surface area contributed by atoms with Gasteiger partial charge in [0.1, 0.15) is 11.3 Å². The van der Waals surface area contributed by atoms with Gasteiger partial charge in [-0.2, -0.15) is 4.98 Å². The molecule has 122 valence electrons. The Labute approximate surface area is 132 Å². The van der Waals surface area contributed by atoms with E-state index in [1.54, 1.807) is 20.8 Å². The summed E-state index contributed by atoms with van der Waals surface area (Å²) < 4.78 is 16.2. The van der Waals surface area contributed by atoms with Crippen molar-refractivity contribution >= 4 is 5.91 Å². The number of likely N-dealkylation sites (tertiary alicyclic amines) is 1. The number of carbonyl (C=O) groups excluding carboxylic acids is 1. The molecule has 1 amide bonds. The van der Waals surface area contributed by atoms with E-state index in [1.165, 1.54) is 0 Å². The van der Waals surface area contributed by atoms with Crippen LogP contribution in [0, 0.1) is 26.7 Å². The first kappa shape index (κ1) is 14.4. The third-order valence-electron chi connectivity index (χ3n) is 4.86. The highest BCUT2D eigenvalue weighted by molar-refractivity contribution is 5.96. The molecule has 0 radical (unpaired) electrons. The lowest BCUT2D eigenvalue weighted by Crippen LogP contribution is -2.37. The van der Waals surface area contributed by atoms with Crippen LogP contribution in [0.2, 0.25) is 0 Å². The molecule has 2 aliphatic heterocycles. The van der Waals surface area contributed by atoms with Crippen LogP contribution in [0.25, 0.3) is 0 Å². The number of hydrogen-bond acceptors (Lipinski definition) is 7. The molecule has 8 nitrogen and oxygen atoms in total. The number of rotatable bonds is 2. The molecule has 0 bridgehead atoms. The van der Waals surface area contributed by atoms with Crippen molar-refractivity contribution in [3.63, 3.8) is 0 Å². The molecule has 2 saturated heterocycles. The Hall–Kier alpha value is -2.22. The number of nitrogens with zero attached hydrogens (tertiary/aromatic N) is 4. The van der Waals surface area contributed by atoms with Gasteiger partial charge >= 0.3 is 0 Å². The fourth-order valence-corrected chi connectivity index (χ4v) is 3.64. The predicted molar refractivity (Wildman–Crippen MR) is 76.9 cm³/mol. The number of aryl methyl sites for hydroxylation is 3. The van der Waals surface area contributed by atoms with Crippen LogP contribution in [0.5, 0.6) is 0 Å². The molecule has 0 aromatic carbocycles. The molecule has 4 heterocycles. The summed E-state index contributed by atoms with van der Waals surface area (Å²) in [4.78, 5) is 19.1. The monoisotopic (exact) mass is 318 g/mol. The van der Waals surface area contributed by atoms with Crippen molar-refractivity contribution in [2.75, 3.05) is 26.3 Å². The highest BCUT2D eigenvalue weighted by Crippen LogP contribution is 2.43. The van der Waals surface area contributed by atoms with Crippen molar-refractivity contribution < 1.29 is 18.6 Å². The van der Waals surface area contributed by atoms with Gasteiger partial charge in [0.25, 0.3) is 5.91 Å². The van der Waals surface area contributed by atoms with Crippen LogP contribution in [-0.4, -0.2) is 52.4 Å².